The van der Waals surface area contributed by atoms with Gasteiger partial charge in [-0.05, 0) is 30.5 Å². The van der Waals surface area contributed by atoms with Crippen LogP contribution in [0.2, 0.25) is 0 Å². The van der Waals surface area contributed by atoms with Crippen LogP contribution in [0.25, 0.3) is 11.0 Å². The van der Waals surface area contributed by atoms with Crippen LogP contribution in [0.15, 0.2) is 54.6 Å². The molecule has 1 aromatic heterocycles. The van der Waals surface area contributed by atoms with Crippen LogP contribution in [0, 0.1) is 0 Å². The zero-order chi connectivity index (χ0) is 22.5. The van der Waals surface area contributed by atoms with E-state index in [0.29, 0.717) is 25.9 Å². The predicted octanol–water partition coefficient (Wildman–Crippen LogP) is 2.18. The summed E-state index contributed by atoms with van der Waals surface area (Å²) in [6.07, 6.45) is 1.68. The van der Waals surface area contributed by atoms with Crippen molar-refractivity contribution in [3.63, 3.8) is 0 Å². The Morgan fingerprint density at radius 1 is 1.06 bits per heavy atom. The maximum Gasteiger partial charge on any atom is 0.324 e. The fraction of sp³-hybridized carbons (Fsp3) is 0.333. The van der Waals surface area contributed by atoms with E-state index >= 15 is 0 Å². The number of fused-ring (bicyclic) bond motifs is 1. The van der Waals surface area contributed by atoms with Crippen LogP contribution in [-0.2, 0) is 29.5 Å². The summed E-state index contributed by atoms with van der Waals surface area (Å²) in [6, 6.07) is 16.6. The smallest absolute Gasteiger partial charge is 0.324 e. The topological polar surface area (TPSA) is 96.3 Å². The number of carbonyl (C=O) groups is 3. The van der Waals surface area contributed by atoms with E-state index in [1.165, 1.54) is 4.90 Å². The van der Waals surface area contributed by atoms with E-state index in [1.54, 1.807) is 0 Å². The second-order valence-corrected chi connectivity index (χ2v) is 7.94. The summed E-state index contributed by atoms with van der Waals surface area (Å²) < 4.78 is 2.03. The van der Waals surface area contributed by atoms with Crippen molar-refractivity contribution in [2.75, 3.05) is 13.1 Å². The molecule has 0 saturated carbocycles. The minimum atomic E-state index is -0.649. The van der Waals surface area contributed by atoms with Gasteiger partial charge in [0.25, 0.3) is 5.91 Å². The highest BCUT2D eigenvalue weighted by atomic mass is 16.2. The van der Waals surface area contributed by atoms with Crippen molar-refractivity contribution in [2.45, 2.75) is 31.7 Å². The number of nitrogens with zero attached hydrogens (tertiary/aromatic N) is 3. The van der Waals surface area contributed by atoms with Gasteiger partial charge in [0.1, 0.15) is 11.9 Å². The molecule has 2 N–H and O–H groups in total. The number of amides is 4. The Bertz CT molecular complexity index is 1130. The number of urea groups is 1. The van der Waals surface area contributed by atoms with Gasteiger partial charge >= 0.3 is 6.03 Å². The molecule has 0 unspecified atom stereocenters. The fourth-order valence-corrected chi connectivity index (χ4v) is 3.97. The van der Waals surface area contributed by atoms with Crippen molar-refractivity contribution in [2.24, 2.45) is 7.05 Å². The van der Waals surface area contributed by atoms with Gasteiger partial charge in [-0.15, -0.1) is 0 Å². The number of aromatic nitrogens is 2. The number of hydrogen-bond acceptors (Lipinski definition) is 4. The molecule has 4 rings (SSSR count). The summed E-state index contributed by atoms with van der Waals surface area (Å²) in [7, 11) is 1.96. The van der Waals surface area contributed by atoms with Gasteiger partial charge in [-0.3, -0.25) is 14.5 Å². The van der Waals surface area contributed by atoms with Gasteiger partial charge in [0.2, 0.25) is 5.91 Å². The molecule has 0 bridgehead atoms. The number of para-hydroxylation sites is 2. The Hall–Kier alpha value is -3.68. The quantitative estimate of drug-likeness (QED) is 0.506. The number of benzene rings is 2. The highest BCUT2D eigenvalue weighted by Gasteiger charge is 2.37. The maximum absolute atomic E-state index is 12.6. The Morgan fingerprint density at radius 3 is 2.59 bits per heavy atom. The first-order valence-corrected chi connectivity index (χ1v) is 10.9. The number of rotatable bonds is 9. The third-order valence-electron chi connectivity index (χ3n) is 5.78. The number of hydrogen-bond donors (Lipinski definition) is 2. The molecular formula is C24H27N5O3. The first-order valence-electron chi connectivity index (χ1n) is 10.9. The lowest BCUT2D eigenvalue weighted by atomic mass is 10.1. The zero-order valence-corrected chi connectivity index (χ0v) is 18.1. The molecule has 8 heteroatoms. The first kappa shape index (κ1) is 21.5. The zero-order valence-electron chi connectivity index (χ0n) is 18.1. The fourth-order valence-electron chi connectivity index (χ4n) is 3.97. The molecule has 2 heterocycles. The number of nitrogens with one attached hydrogen (secondary N) is 2. The van der Waals surface area contributed by atoms with Crippen molar-refractivity contribution in [3.8, 4) is 0 Å². The van der Waals surface area contributed by atoms with Crippen LogP contribution in [0.4, 0.5) is 4.79 Å². The van der Waals surface area contributed by atoms with Gasteiger partial charge in [0.05, 0.1) is 11.0 Å². The third-order valence-corrected chi connectivity index (χ3v) is 5.78. The van der Waals surface area contributed by atoms with Crippen molar-refractivity contribution in [1.29, 1.82) is 0 Å². The maximum atomic E-state index is 12.6. The van der Waals surface area contributed by atoms with Gasteiger partial charge < -0.3 is 15.2 Å². The number of carbonyl (C=O) groups excluding carboxylic acids is 3. The van der Waals surface area contributed by atoms with Crippen LogP contribution < -0.4 is 10.6 Å². The van der Waals surface area contributed by atoms with E-state index in [-0.39, 0.29) is 24.7 Å². The first-order chi connectivity index (χ1) is 15.5. The summed E-state index contributed by atoms with van der Waals surface area (Å²) >= 11 is 0. The monoisotopic (exact) mass is 433 g/mol. The van der Waals surface area contributed by atoms with Crippen molar-refractivity contribution in [3.05, 3.63) is 66.0 Å². The van der Waals surface area contributed by atoms with Crippen molar-refractivity contribution < 1.29 is 14.4 Å². The van der Waals surface area contributed by atoms with E-state index in [1.807, 2.05) is 66.2 Å². The number of imide groups is 1. The van der Waals surface area contributed by atoms with Crippen LogP contribution in [0.5, 0.6) is 0 Å². The molecule has 166 valence electrons. The predicted molar refractivity (Wildman–Crippen MR) is 121 cm³/mol. The normalized spacial score (nSPS) is 15.9. The highest BCUT2D eigenvalue weighted by Crippen LogP contribution is 2.15. The van der Waals surface area contributed by atoms with Crippen LogP contribution in [0.3, 0.4) is 0 Å². The summed E-state index contributed by atoms with van der Waals surface area (Å²) in [6.45, 7) is 0.791. The molecule has 3 aromatic rings. The summed E-state index contributed by atoms with van der Waals surface area (Å²) in [5, 5.41) is 5.57. The lowest BCUT2D eigenvalue weighted by Gasteiger charge is -2.13. The summed E-state index contributed by atoms with van der Waals surface area (Å²) in [4.78, 5) is 42.8. The second-order valence-electron chi connectivity index (χ2n) is 7.94. The van der Waals surface area contributed by atoms with Gasteiger partial charge in [0.15, 0.2) is 0 Å². The molecule has 1 aliphatic rings. The molecule has 8 nitrogen and oxygen atoms in total. The average molecular weight is 434 g/mol. The largest absolute Gasteiger partial charge is 0.356 e. The van der Waals surface area contributed by atoms with Gasteiger partial charge in [-0.25, -0.2) is 9.78 Å². The van der Waals surface area contributed by atoms with Crippen molar-refractivity contribution >= 4 is 28.9 Å². The standard InChI is InChI=1S/C24H27N5O3/c1-28-20-10-6-5-9-18(20)26-21(28)13-15-25-22(30)12-11-19-23(31)29(24(32)27-19)16-14-17-7-3-2-4-8-17/h2-10,19H,11-16H2,1H3,(H,25,30)(H,27,32)/t19-/m0/s1. The van der Waals surface area contributed by atoms with Crippen LogP contribution in [-0.4, -0.2) is 51.4 Å². The summed E-state index contributed by atoms with van der Waals surface area (Å²) in [5.41, 5.74) is 3.06. The van der Waals surface area contributed by atoms with E-state index in [9.17, 15) is 14.4 Å². The molecule has 2 aromatic carbocycles. The van der Waals surface area contributed by atoms with Gasteiger partial charge in [-0.1, -0.05) is 42.5 Å². The Labute approximate surface area is 186 Å². The molecule has 0 spiro atoms. The molecule has 1 atom stereocenters. The van der Waals surface area contributed by atoms with Crippen LogP contribution >= 0.6 is 0 Å². The molecule has 0 aliphatic carbocycles. The third kappa shape index (κ3) is 4.80. The van der Waals surface area contributed by atoms with E-state index in [4.69, 9.17) is 0 Å². The molecule has 1 fully saturated rings. The molecule has 32 heavy (non-hydrogen) atoms. The molecule has 0 radical (unpaired) electrons. The Kier molecular flexibility index (Phi) is 6.49. The Morgan fingerprint density at radius 2 is 1.81 bits per heavy atom. The summed E-state index contributed by atoms with van der Waals surface area (Å²) in [5.74, 6) is 0.491. The molecule has 4 amide bonds. The second kappa shape index (κ2) is 9.64. The molecular weight excluding hydrogens is 406 g/mol. The van der Waals surface area contributed by atoms with Crippen molar-refractivity contribution in [1.82, 2.24) is 25.1 Å². The minimum absolute atomic E-state index is 0.145. The molecule has 1 saturated heterocycles. The SMILES string of the molecule is Cn1c(CCNC(=O)CC[C@@H]2NC(=O)N(CCc3ccccc3)C2=O)nc2ccccc21. The highest BCUT2D eigenvalue weighted by molar-refractivity contribution is 6.04. The van der Waals surface area contributed by atoms with E-state index in [0.717, 1.165) is 22.4 Å². The number of aryl methyl sites for hydroxylation is 1. The number of imidazole rings is 1. The van der Waals surface area contributed by atoms with Gasteiger partial charge in [0, 0.05) is 33.0 Å². The van der Waals surface area contributed by atoms with Crippen LogP contribution in [0.1, 0.15) is 24.2 Å². The minimum Gasteiger partial charge on any atom is -0.356 e. The lowest BCUT2D eigenvalue weighted by molar-refractivity contribution is -0.127. The Balaban J connectivity index is 1.21. The van der Waals surface area contributed by atoms with E-state index < -0.39 is 12.1 Å². The van der Waals surface area contributed by atoms with Gasteiger partial charge in [-0.2, -0.15) is 0 Å². The lowest BCUT2D eigenvalue weighted by Crippen LogP contribution is -2.34. The van der Waals surface area contributed by atoms with E-state index in [2.05, 4.69) is 15.6 Å². The average Bonchev–Trinajstić information content (AvgIpc) is 3.27. The molecule has 1 aliphatic heterocycles.